The van der Waals surface area contributed by atoms with Crippen molar-refractivity contribution in [2.45, 2.75) is 13.5 Å². The minimum Gasteiger partial charge on any atom is -0.497 e. The summed E-state index contributed by atoms with van der Waals surface area (Å²) in [6.45, 7) is 2.41. The first-order valence-electron chi connectivity index (χ1n) is 6.59. The van der Waals surface area contributed by atoms with E-state index < -0.39 is 0 Å². The maximum atomic E-state index is 12.3. The molecule has 0 saturated heterocycles. The molecule has 0 unspecified atom stereocenters. The van der Waals surface area contributed by atoms with E-state index in [4.69, 9.17) is 4.74 Å². The van der Waals surface area contributed by atoms with Gasteiger partial charge in [-0.25, -0.2) is 9.67 Å². The molecule has 0 atom stereocenters. The molecule has 1 N–H and O–H groups in total. The Morgan fingerprint density at radius 3 is 2.67 bits per heavy atom. The first-order chi connectivity index (χ1) is 10.2. The Kier molecular flexibility index (Phi) is 3.35. The zero-order valence-electron chi connectivity index (χ0n) is 11.9. The monoisotopic (exact) mass is 284 g/mol. The maximum absolute atomic E-state index is 12.3. The standard InChI is InChI=1S/C15H16N4O2/c1-11-14(9-18-8-7-16-10-18)17-19(15(11)20)12-3-5-13(21-2)6-4-12/h3-8,10,17H,9H2,1-2H3. The molecule has 0 aliphatic carbocycles. The van der Waals surface area contributed by atoms with E-state index in [2.05, 4.69) is 10.1 Å². The van der Waals surface area contributed by atoms with Crippen LogP contribution in [0.5, 0.6) is 5.75 Å². The van der Waals surface area contributed by atoms with E-state index in [1.165, 1.54) is 0 Å². The summed E-state index contributed by atoms with van der Waals surface area (Å²) in [5.41, 5.74) is 2.31. The molecule has 0 bridgehead atoms. The largest absolute Gasteiger partial charge is 0.497 e. The lowest BCUT2D eigenvalue weighted by Crippen LogP contribution is -2.15. The number of nitrogens with one attached hydrogen (secondary N) is 1. The number of rotatable bonds is 4. The molecular weight excluding hydrogens is 268 g/mol. The van der Waals surface area contributed by atoms with E-state index in [-0.39, 0.29) is 5.56 Å². The van der Waals surface area contributed by atoms with Crippen LogP contribution in [0, 0.1) is 6.92 Å². The number of methoxy groups -OCH3 is 1. The fourth-order valence-electron chi connectivity index (χ4n) is 2.20. The molecule has 21 heavy (non-hydrogen) atoms. The van der Waals surface area contributed by atoms with Crippen molar-refractivity contribution in [3.63, 3.8) is 0 Å². The molecular formula is C15H16N4O2. The van der Waals surface area contributed by atoms with Crippen LogP contribution in [-0.2, 0) is 6.54 Å². The number of benzene rings is 1. The highest BCUT2D eigenvalue weighted by Crippen LogP contribution is 2.14. The molecule has 6 heteroatoms. The second-order valence-corrected chi connectivity index (χ2v) is 4.79. The Hall–Kier alpha value is -2.76. The van der Waals surface area contributed by atoms with Gasteiger partial charge in [0.25, 0.3) is 5.56 Å². The fraction of sp³-hybridized carbons (Fsp3) is 0.200. The van der Waals surface area contributed by atoms with Crippen LogP contribution in [-0.4, -0.2) is 26.4 Å². The lowest BCUT2D eigenvalue weighted by Gasteiger charge is -2.04. The highest BCUT2D eigenvalue weighted by molar-refractivity contribution is 5.37. The van der Waals surface area contributed by atoms with Gasteiger partial charge in [0.1, 0.15) is 5.75 Å². The molecule has 3 rings (SSSR count). The van der Waals surface area contributed by atoms with Gasteiger partial charge in [-0.1, -0.05) is 0 Å². The third kappa shape index (κ3) is 2.47. The molecule has 108 valence electrons. The van der Waals surface area contributed by atoms with Crippen LogP contribution in [0.2, 0.25) is 0 Å². The van der Waals surface area contributed by atoms with Crippen LogP contribution < -0.4 is 10.3 Å². The highest BCUT2D eigenvalue weighted by atomic mass is 16.5. The number of aromatic nitrogens is 4. The molecule has 0 radical (unpaired) electrons. The van der Waals surface area contributed by atoms with Crippen LogP contribution >= 0.6 is 0 Å². The molecule has 6 nitrogen and oxygen atoms in total. The van der Waals surface area contributed by atoms with Crippen molar-refractivity contribution in [1.29, 1.82) is 0 Å². The first kappa shape index (κ1) is 13.2. The second-order valence-electron chi connectivity index (χ2n) is 4.79. The van der Waals surface area contributed by atoms with Gasteiger partial charge in [0.2, 0.25) is 0 Å². The van der Waals surface area contributed by atoms with Crippen LogP contribution in [0.4, 0.5) is 0 Å². The fourth-order valence-corrected chi connectivity index (χ4v) is 2.20. The van der Waals surface area contributed by atoms with Crippen LogP contribution in [0.25, 0.3) is 5.69 Å². The Bertz CT molecular complexity index is 782. The van der Waals surface area contributed by atoms with Crippen molar-refractivity contribution in [1.82, 2.24) is 19.3 Å². The SMILES string of the molecule is COc1ccc(-n2[nH]c(Cn3ccnc3)c(C)c2=O)cc1. The zero-order chi connectivity index (χ0) is 14.8. The average Bonchev–Trinajstić information content (AvgIpc) is 3.11. The minimum atomic E-state index is -0.0460. The second kappa shape index (κ2) is 5.32. The summed E-state index contributed by atoms with van der Waals surface area (Å²) in [4.78, 5) is 16.4. The van der Waals surface area contributed by atoms with Gasteiger partial charge < -0.3 is 9.30 Å². The van der Waals surface area contributed by atoms with Gasteiger partial charge in [-0.15, -0.1) is 0 Å². The molecule has 0 amide bonds. The lowest BCUT2D eigenvalue weighted by atomic mass is 10.2. The number of aromatic amines is 1. The third-order valence-corrected chi connectivity index (χ3v) is 3.45. The molecule has 1 aromatic carbocycles. The highest BCUT2D eigenvalue weighted by Gasteiger charge is 2.11. The molecule has 0 spiro atoms. The Balaban J connectivity index is 1.97. The van der Waals surface area contributed by atoms with Crippen molar-refractivity contribution < 1.29 is 4.74 Å². The van der Waals surface area contributed by atoms with E-state index in [0.717, 1.165) is 17.1 Å². The van der Waals surface area contributed by atoms with Crippen LogP contribution in [0.15, 0.2) is 47.8 Å². The van der Waals surface area contributed by atoms with Crippen molar-refractivity contribution in [2.24, 2.45) is 0 Å². The number of imidazole rings is 1. The average molecular weight is 284 g/mol. The molecule has 3 aromatic rings. The summed E-state index contributed by atoms with van der Waals surface area (Å²) in [6.07, 6.45) is 5.30. The Morgan fingerprint density at radius 2 is 2.05 bits per heavy atom. The summed E-state index contributed by atoms with van der Waals surface area (Å²) in [5.74, 6) is 0.758. The third-order valence-electron chi connectivity index (χ3n) is 3.45. The van der Waals surface area contributed by atoms with Gasteiger partial charge in [-0.05, 0) is 31.2 Å². The van der Waals surface area contributed by atoms with E-state index in [1.807, 2.05) is 42.0 Å². The predicted molar refractivity (Wildman–Crippen MR) is 79.0 cm³/mol. The smallest absolute Gasteiger partial charge is 0.274 e. The molecule has 2 heterocycles. The lowest BCUT2D eigenvalue weighted by molar-refractivity contribution is 0.414. The van der Waals surface area contributed by atoms with Gasteiger partial charge in [-0.3, -0.25) is 9.89 Å². The number of H-pyrrole nitrogens is 1. The van der Waals surface area contributed by atoms with Crippen LogP contribution in [0.1, 0.15) is 11.3 Å². The summed E-state index contributed by atoms with van der Waals surface area (Å²) in [7, 11) is 1.61. The van der Waals surface area contributed by atoms with Gasteiger partial charge in [0, 0.05) is 18.0 Å². The Labute approximate surface area is 121 Å². The van der Waals surface area contributed by atoms with E-state index in [1.54, 1.807) is 24.3 Å². The number of nitrogens with zero attached hydrogens (tertiary/aromatic N) is 3. The van der Waals surface area contributed by atoms with Gasteiger partial charge >= 0.3 is 0 Å². The maximum Gasteiger partial charge on any atom is 0.274 e. The molecule has 0 fully saturated rings. The van der Waals surface area contributed by atoms with Crippen molar-refractivity contribution in [3.05, 3.63) is 64.6 Å². The van der Waals surface area contributed by atoms with E-state index >= 15 is 0 Å². The quantitative estimate of drug-likeness (QED) is 0.793. The first-order valence-corrected chi connectivity index (χ1v) is 6.59. The molecule has 0 aliphatic rings. The number of hydrogen-bond acceptors (Lipinski definition) is 3. The normalized spacial score (nSPS) is 10.8. The predicted octanol–water partition coefficient (Wildman–Crippen LogP) is 1.73. The van der Waals surface area contributed by atoms with Gasteiger partial charge in [0.05, 0.1) is 31.4 Å². The zero-order valence-corrected chi connectivity index (χ0v) is 11.9. The van der Waals surface area contributed by atoms with Crippen molar-refractivity contribution >= 4 is 0 Å². The summed E-state index contributed by atoms with van der Waals surface area (Å²) in [6, 6.07) is 7.34. The van der Waals surface area contributed by atoms with E-state index in [9.17, 15) is 4.79 Å². The molecule has 0 aliphatic heterocycles. The Morgan fingerprint density at radius 1 is 1.29 bits per heavy atom. The molecule has 0 saturated carbocycles. The molecule has 2 aromatic heterocycles. The summed E-state index contributed by atoms with van der Waals surface area (Å²) < 4.78 is 8.58. The van der Waals surface area contributed by atoms with Crippen LogP contribution in [0.3, 0.4) is 0 Å². The minimum absolute atomic E-state index is 0.0460. The van der Waals surface area contributed by atoms with Crippen molar-refractivity contribution in [3.8, 4) is 11.4 Å². The number of hydrogen-bond donors (Lipinski definition) is 1. The topological polar surface area (TPSA) is 64.8 Å². The summed E-state index contributed by atoms with van der Waals surface area (Å²) >= 11 is 0. The summed E-state index contributed by atoms with van der Waals surface area (Å²) in [5, 5.41) is 3.16. The van der Waals surface area contributed by atoms with Gasteiger partial charge in [-0.2, -0.15) is 0 Å². The van der Waals surface area contributed by atoms with Gasteiger partial charge in [0.15, 0.2) is 0 Å². The van der Waals surface area contributed by atoms with Crippen molar-refractivity contribution in [2.75, 3.05) is 7.11 Å². The van der Waals surface area contributed by atoms with E-state index in [0.29, 0.717) is 12.1 Å². The number of ether oxygens (including phenoxy) is 1.